The lowest BCUT2D eigenvalue weighted by Crippen LogP contribution is -2.32. The quantitative estimate of drug-likeness (QED) is 0.0672. The van der Waals surface area contributed by atoms with Crippen LogP contribution >= 0.6 is 0 Å². The number of hydrogen-bond donors (Lipinski definition) is 0. The number of amides is 1. The Labute approximate surface area is 275 Å². The van der Waals surface area contributed by atoms with E-state index in [1.165, 1.54) is 27.2 Å². The van der Waals surface area contributed by atoms with Crippen LogP contribution < -0.4 is 0 Å². The molecule has 0 heterocycles. The molecule has 252 valence electrons. The molecule has 47 heavy (non-hydrogen) atoms. The second-order valence-corrected chi connectivity index (χ2v) is 10.6. The van der Waals surface area contributed by atoms with Crippen molar-refractivity contribution in [2.24, 2.45) is 0 Å². The molecule has 1 aliphatic carbocycles. The molecule has 11 heteroatoms. The Hall–Kier alpha value is -4.13. The van der Waals surface area contributed by atoms with Crippen molar-refractivity contribution in [3.05, 3.63) is 95.6 Å². The minimum Gasteiger partial charge on any atom is -0.457 e. The topological polar surface area (TPSA) is 119 Å². The molecule has 0 fully saturated rings. The number of likely N-dealkylation sites (N-methyl/N-ethyl adjacent to an activating group) is 1. The lowest BCUT2D eigenvalue weighted by molar-refractivity contribution is -0.139. The molecule has 1 amide bonds. The predicted molar refractivity (Wildman–Crippen MR) is 174 cm³/mol. The molecule has 4 rings (SSSR count). The van der Waals surface area contributed by atoms with Gasteiger partial charge >= 0.3 is 12.1 Å². The van der Waals surface area contributed by atoms with Gasteiger partial charge in [0.15, 0.2) is 0 Å². The van der Waals surface area contributed by atoms with Crippen molar-refractivity contribution in [1.82, 2.24) is 4.90 Å². The van der Waals surface area contributed by atoms with Crippen molar-refractivity contribution in [2.75, 3.05) is 92.9 Å². The second-order valence-electron chi connectivity index (χ2n) is 10.6. The molecule has 0 aromatic heterocycles. The highest BCUT2D eigenvalue weighted by molar-refractivity contribution is 6.40. The van der Waals surface area contributed by atoms with Crippen molar-refractivity contribution in [2.45, 2.75) is 5.92 Å². The third-order valence-corrected chi connectivity index (χ3v) is 7.39. The molecule has 0 radical (unpaired) electrons. The molecule has 0 saturated heterocycles. The van der Waals surface area contributed by atoms with Crippen molar-refractivity contribution >= 4 is 17.8 Å². The molecule has 0 N–H and O–H groups in total. The summed E-state index contributed by atoms with van der Waals surface area (Å²) in [6, 6.07) is 24.8. The summed E-state index contributed by atoms with van der Waals surface area (Å²) in [4.78, 5) is 37.7. The van der Waals surface area contributed by atoms with Gasteiger partial charge in [0.2, 0.25) is 0 Å². The zero-order valence-corrected chi connectivity index (χ0v) is 26.8. The molecule has 3 aromatic carbocycles. The van der Waals surface area contributed by atoms with Crippen LogP contribution in [0.4, 0.5) is 4.79 Å². The lowest BCUT2D eigenvalue weighted by atomic mass is 9.98. The summed E-state index contributed by atoms with van der Waals surface area (Å²) in [5.74, 6) is -1.55. The van der Waals surface area contributed by atoms with E-state index in [9.17, 15) is 14.4 Å². The van der Waals surface area contributed by atoms with Gasteiger partial charge in [0, 0.05) is 25.1 Å². The fourth-order valence-corrected chi connectivity index (χ4v) is 4.94. The number of ether oxygens (including phenoxy) is 7. The number of nitrogens with zero attached hydrogens (tertiary/aromatic N) is 1. The first-order valence-electron chi connectivity index (χ1n) is 15.8. The molecule has 11 nitrogen and oxygen atoms in total. The van der Waals surface area contributed by atoms with Gasteiger partial charge in [0.1, 0.15) is 13.2 Å². The number of hydrogen-bond acceptors (Lipinski definition) is 10. The van der Waals surface area contributed by atoms with Gasteiger partial charge in [-0.15, -0.1) is 0 Å². The van der Waals surface area contributed by atoms with E-state index in [0.717, 1.165) is 0 Å². The highest BCUT2D eigenvalue weighted by Crippen LogP contribution is 2.44. The molecule has 0 saturated carbocycles. The Morgan fingerprint density at radius 2 is 1.00 bits per heavy atom. The maximum absolute atomic E-state index is 12.6. The number of carbonyl (C=O) groups is 3. The molecular formula is C36H43NO10. The molecule has 0 unspecified atom stereocenters. The van der Waals surface area contributed by atoms with Gasteiger partial charge < -0.3 is 38.1 Å². The molecule has 0 atom stereocenters. The summed E-state index contributed by atoms with van der Waals surface area (Å²) < 4.78 is 37.9. The maximum atomic E-state index is 12.6. The van der Waals surface area contributed by atoms with E-state index in [0.29, 0.717) is 71.6 Å². The van der Waals surface area contributed by atoms with E-state index < -0.39 is 11.8 Å². The van der Waals surface area contributed by atoms with Crippen LogP contribution in [0.1, 0.15) is 27.4 Å². The minimum absolute atomic E-state index is 0.0100. The van der Waals surface area contributed by atoms with Crippen LogP contribution in [0.25, 0.3) is 11.1 Å². The molecule has 0 spiro atoms. The Morgan fingerprint density at radius 3 is 1.53 bits per heavy atom. The fraction of sp³-hybridized carbons (Fsp3) is 0.417. The Balaban J connectivity index is 0.904. The van der Waals surface area contributed by atoms with Crippen LogP contribution in [0.5, 0.6) is 0 Å². The Bertz CT molecular complexity index is 1350. The van der Waals surface area contributed by atoms with E-state index in [1.807, 2.05) is 24.3 Å². The monoisotopic (exact) mass is 649 g/mol. The predicted octanol–water partition coefficient (Wildman–Crippen LogP) is 4.38. The van der Waals surface area contributed by atoms with Gasteiger partial charge in [-0.25, -0.2) is 9.59 Å². The number of carbonyl (C=O) groups excluding carboxylic acids is 3. The molecule has 0 bridgehead atoms. The third-order valence-electron chi connectivity index (χ3n) is 7.39. The number of rotatable bonds is 22. The highest BCUT2D eigenvalue weighted by Gasteiger charge is 2.29. The van der Waals surface area contributed by atoms with Crippen LogP contribution in [-0.2, 0) is 38.0 Å². The van der Waals surface area contributed by atoms with E-state index in [4.69, 9.17) is 33.2 Å². The molecule has 3 aromatic rings. The van der Waals surface area contributed by atoms with Crippen molar-refractivity contribution < 1.29 is 47.5 Å². The van der Waals surface area contributed by atoms with Gasteiger partial charge in [-0.3, -0.25) is 4.79 Å². The zero-order valence-electron chi connectivity index (χ0n) is 26.8. The highest BCUT2D eigenvalue weighted by atomic mass is 16.6. The normalized spacial score (nSPS) is 11.9. The first kappa shape index (κ1) is 35.7. The SMILES string of the molecule is CN(CCOCCOCCOCCOCCOCCOC(=O)C(=O)c1ccccc1)C(=O)OCC1c2ccccc2-c2ccccc21. The molecular weight excluding hydrogens is 606 g/mol. The van der Waals surface area contributed by atoms with Crippen LogP contribution in [0.3, 0.4) is 0 Å². The summed E-state index contributed by atoms with van der Waals surface area (Å²) in [7, 11) is 1.70. The average molecular weight is 650 g/mol. The summed E-state index contributed by atoms with van der Waals surface area (Å²) in [6.07, 6.45) is -0.378. The van der Waals surface area contributed by atoms with Crippen molar-refractivity contribution in [3.8, 4) is 11.1 Å². The Morgan fingerprint density at radius 1 is 0.553 bits per heavy atom. The van der Waals surface area contributed by atoms with Crippen LogP contribution in [0, 0.1) is 0 Å². The molecule has 1 aliphatic rings. The number of benzene rings is 3. The lowest BCUT2D eigenvalue weighted by Gasteiger charge is -2.19. The number of Topliss-reactive ketones (excluding diaryl/α,β-unsaturated/α-hetero) is 1. The average Bonchev–Trinajstić information content (AvgIpc) is 3.43. The van der Waals surface area contributed by atoms with Crippen LogP contribution in [0.2, 0.25) is 0 Å². The van der Waals surface area contributed by atoms with Crippen molar-refractivity contribution in [1.29, 1.82) is 0 Å². The third kappa shape index (κ3) is 11.6. The van der Waals surface area contributed by atoms with E-state index >= 15 is 0 Å². The fourth-order valence-electron chi connectivity index (χ4n) is 4.94. The Kier molecular flexibility index (Phi) is 15.3. The first-order chi connectivity index (χ1) is 23.1. The van der Waals surface area contributed by atoms with Gasteiger partial charge in [-0.05, 0) is 22.3 Å². The maximum Gasteiger partial charge on any atom is 0.409 e. The molecule has 0 aliphatic heterocycles. The van der Waals surface area contributed by atoms with E-state index in [2.05, 4.69) is 24.3 Å². The van der Waals surface area contributed by atoms with Crippen molar-refractivity contribution in [3.63, 3.8) is 0 Å². The number of ketones is 1. The summed E-state index contributed by atoms with van der Waals surface area (Å²) >= 11 is 0. The largest absolute Gasteiger partial charge is 0.457 e. The number of fused-ring (bicyclic) bond motifs is 3. The van der Waals surface area contributed by atoms with Crippen LogP contribution in [0.15, 0.2) is 78.9 Å². The van der Waals surface area contributed by atoms with Gasteiger partial charge in [-0.1, -0.05) is 78.9 Å². The van der Waals surface area contributed by atoms with Crippen LogP contribution in [-0.4, -0.2) is 116 Å². The summed E-state index contributed by atoms with van der Waals surface area (Å²) in [5.41, 5.74) is 5.05. The minimum atomic E-state index is -0.902. The van der Waals surface area contributed by atoms with E-state index in [-0.39, 0.29) is 31.8 Å². The summed E-state index contributed by atoms with van der Waals surface area (Å²) in [5, 5.41) is 0. The standard InChI is InChI=1S/C36H43NO10/c1-37(36(40)47-27-33-31-13-7-5-11-29(31)30-12-6-8-14-32(30)33)15-16-41-17-18-42-19-20-43-21-22-44-23-24-45-25-26-46-35(39)34(38)28-9-3-2-4-10-28/h2-14,33H,15-27H2,1H3. The first-order valence-corrected chi connectivity index (χ1v) is 15.8. The number of esters is 1. The second kappa shape index (κ2) is 20.2. The zero-order chi connectivity index (χ0) is 33.1. The van der Waals surface area contributed by atoms with Gasteiger partial charge in [0.25, 0.3) is 5.78 Å². The van der Waals surface area contributed by atoms with E-state index in [1.54, 1.807) is 37.4 Å². The summed E-state index contributed by atoms with van der Waals surface area (Å²) in [6.45, 7) is 4.43. The smallest absolute Gasteiger partial charge is 0.409 e. The van der Waals surface area contributed by atoms with Gasteiger partial charge in [0.05, 0.1) is 66.1 Å². The van der Waals surface area contributed by atoms with Gasteiger partial charge in [-0.2, -0.15) is 0 Å².